The van der Waals surface area contributed by atoms with Gasteiger partial charge in [-0.3, -0.25) is 4.79 Å². The van der Waals surface area contributed by atoms with Crippen molar-refractivity contribution in [1.82, 2.24) is 9.97 Å². The number of pyridine rings is 2. The van der Waals surface area contributed by atoms with Crippen molar-refractivity contribution < 1.29 is 39.7 Å². The summed E-state index contributed by atoms with van der Waals surface area (Å²) in [5.74, 6) is 1.39. The molecule has 0 radical (unpaired) electrons. The van der Waals surface area contributed by atoms with E-state index in [1.807, 2.05) is 73.9 Å². The number of aromatic nitrogens is 2. The normalized spacial score (nSPS) is 14.8. The second-order valence-corrected chi connectivity index (χ2v) is 18.4. The first-order valence-electron chi connectivity index (χ1n) is 24.6. The summed E-state index contributed by atoms with van der Waals surface area (Å²) in [7, 11) is 0. The summed E-state index contributed by atoms with van der Waals surface area (Å²) >= 11 is 0. The van der Waals surface area contributed by atoms with Crippen LogP contribution in [0.25, 0.3) is 0 Å². The molecule has 11 rings (SSSR count). The molecule has 8 aromatic rings. The summed E-state index contributed by atoms with van der Waals surface area (Å²) < 4.78 is 10.3. The van der Waals surface area contributed by atoms with Gasteiger partial charge in [0.05, 0.1) is 18.6 Å². The molecule has 0 unspecified atom stereocenters. The number of rotatable bonds is 15. The van der Waals surface area contributed by atoms with Crippen LogP contribution in [-0.2, 0) is 36.2 Å². The Kier molecular flexibility index (Phi) is 18.5. The Morgan fingerprint density at radius 1 is 0.542 bits per heavy atom. The minimum Gasteiger partial charge on any atom is -1.00 e. The Hall–Kier alpha value is -6.26. The molecule has 2 saturated carbocycles. The number of carbonyl (C=O) groups is 1. The molecule has 0 amide bonds. The van der Waals surface area contributed by atoms with Crippen LogP contribution in [-0.4, -0.2) is 64.8 Å². The summed E-state index contributed by atoms with van der Waals surface area (Å²) in [6.07, 6.45) is 9.96. The molecular weight excluding hydrogens is 899 g/mol. The third kappa shape index (κ3) is 11.7. The van der Waals surface area contributed by atoms with Gasteiger partial charge in [-0.15, -0.1) is 0 Å². The largest absolute Gasteiger partial charge is 1.00 e. The number of hydrogen-bond donors (Lipinski definition) is 3. The van der Waals surface area contributed by atoms with Crippen LogP contribution in [0.3, 0.4) is 0 Å². The fourth-order valence-corrected chi connectivity index (χ4v) is 9.68. The Labute approximate surface area is 449 Å². The molecule has 2 aromatic heterocycles. The second-order valence-electron chi connectivity index (χ2n) is 18.4. The minimum atomic E-state index is -0.642. The number of anilines is 2. The Bertz CT molecular complexity index is 2660. The molecule has 72 heavy (non-hydrogen) atoms. The van der Waals surface area contributed by atoms with Crippen LogP contribution in [0.1, 0.15) is 91.4 Å². The Morgan fingerprint density at radius 2 is 0.875 bits per heavy atom. The van der Waals surface area contributed by atoms with Gasteiger partial charge in [0.15, 0.2) is 17.4 Å². The summed E-state index contributed by atoms with van der Waals surface area (Å²) in [5, 5.41) is 17.3. The van der Waals surface area contributed by atoms with Gasteiger partial charge in [-0.1, -0.05) is 194 Å². The first-order chi connectivity index (χ1) is 34.5. The number of nitrogens with zero attached hydrogens (tertiary/aromatic N) is 2. The molecule has 3 aliphatic rings. The van der Waals surface area contributed by atoms with Crippen molar-refractivity contribution in [3.8, 4) is 0 Å². The smallest absolute Gasteiger partial charge is 1.00 e. The summed E-state index contributed by atoms with van der Waals surface area (Å²) in [6, 6.07) is 70.9. The van der Waals surface area contributed by atoms with Crippen LogP contribution in [0.2, 0.25) is 0 Å². The number of ether oxygens (including phenoxy) is 2. The van der Waals surface area contributed by atoms with Crippen molar-refractivity contribution >= 4 is 35.0 Å². The van der Waals surface area contributed by atoms with E-state index < -0.39 is 16.5 Å². The van der Waals surface area contributed by atoms with Gasteiger partial charge in [0.2, 0.25) is 0 Å². The van der Waals surface area contributed by atoms with Gasteiger partial charge in [0.25, 0.3) is 0 Å². The fourth-order valence-electron chi connectivity index (χ4n) is 9.68. The first-order valence-corrected chi connectivity index (χ1v) is 24.6. The molecule has 3 fully saturated rings. The fraction of sp³-hybridized carbons (Fsp3) is 0.242. The van der Waals surface area contributed by atoms with E-state index in [0.717, 1.165) is 95.0 Å². The maximum Gasteiger partial charge on any atom is 1.00 e. The van der Waals surface area contributed by atoms with Crippen molar-refractivity contribution in [1.29, 1.82) is 0 Å². The van der Waals surface area contributed by atoms with Crippen molar-refractivity contribution in [3.63, 3.8) is 0 Å². The SMILES string of the molecule is C1CCOC1.CCOC(=O)C1(c2ccc(NC(c3ccccc3)(c3ccccc3)c3ccccc3)nc2)CC1.OCC1(c2ccc(NC(c3ccccc3)(c3ccccc3)c3ccccc3)nc2)CC1.[AlH3].[H-].[Li+]. The van der Waals surface area contributed by atoms with Crippen LogP contribution < -0.4 is 29.5 Å². The number of esters is 1. The maximum absolute atomic E-state index is 12.5. The van der Waals surface area contributed by atoms with Gasteiger partial charge < -0.3 is 26.6 Å². The molecule has 10 heteroatoms. The van der Waals surface area contributed by atoms with Gasteiger partial charge in [-0.25, -0.2) is 9.97 Å². The molecule has 8 nitrogen and oxygen atoms in total. The van der Waals surface area contributed by atoms with Crippen molar-refractivity contribution in [2.45, 2.75) is 67.4 Å². The maximum atomic E-state index is 12.5. The van der Waals surface area contributed by atoms with Gasteiger partial charge in [0, 0.05) is 31.0 Å². The number of hydrogen-bond acceptors (Lipinski definition) is 8. The Morgan fingerprint density at radius 3 is 1.11 bits per heavy atom. The first kappa shape index (κ1) is 53.5. The zero-order valence-corrected chi connectivity index (χ0v) is 40.9. The molecule has 1 aliphatic heterocycles. The van der Waals surface area contributed by atoms with E-state index in [0.29, 0.717) is 6.61 Å². The number of aliphatic hydroxyl groups is 1. The summed E-state index contributed by atoms with van der Waals surface area (Å²) in [6.45, 7) is 4.42. The summed E-state index contributed by atoms with van der Waals surface area (Å²) in [5.41, 5.74) is 6.97. The Balaban J connectivity index is 0.000000210. The average Bonchev–Trinajstić information content (AvgIpc) is 4.36. The molecule has 6 aromatic carbocycles. The van der Waals surface area contributed by atoms with Crippen molar-refractivity contribution in [2.75, 3.05) is 37.1 Å². The van der Waals surface area contributed by atoms with E-state index in [1.165, 1.54) is 12.8 Å². The van der Waals surface area contributed by atoms with Gasteiger partial charge in [0.1, 0.15) is 22.7 Å². The van der Waals surface area contributed by atoms with Crippen LogP contribution in [0.15, 0.2) is 219 Å². The average molecular weight is 965 g/mol. The number of carbonyl (C=O) groups excluding carboxylic acids is 1. The predicted octanol–water partition coefficient (Wildman–Crippen LogP) is 8.32. The molecule has 2 aliphatic carbocycles. The van der Waals surface area contributed by atoms with Crippen LogP contribution in [0.4, 0.5) is 11.6 Å². The van der Waals surface area contributed by atoms with E-state index in [-0.39, 0.29) is 55.6 Å². The van der Waals surface area contributed by atoms with E-state index in [4.69, 9.17) is 19.4 Å². The van der Waals surface area contributed by atoms with E-state index in [1.54, 1.807) is 0 Å². The van der Waals surface area contributed by atoms with E-state index in [9.17, 15) is 9.90 Å². The number of benzene rings is 6. The van der Waals surface area contributed by atoms with Crippen LogP contribution in [0.5, 0.6) is 0 Å². The minimum absolute atomic E-state index is 0. The second kappa shape index (κ2) is 24.9. The third-order valence-electron chi connectivity index (χ3n) is 14.0. The molecular formula is C62H66AlLiN4O4. The molecule has 0 spiro atoms. The van der Waals surface area contributed by atoms with E-state index in [2.05, 4.69) is 162 Å². The molecule has 0 bridgehead atoms. The van der Waals surface area contributed by atoms with Gasteiger partial charge in [-0.05, 0) is 102 Å². The molecule has 362 valence electrons. The molecule has 0 atom stereocenters. The number of aliphatic hydroxyl groups excluding tert-OH is 1. The quantitative estimate of drug-likeness (QED) is 0.0536. The van der Waals surface area contributed by atoms with Crippen molar-refractivity contribution in [3.05, 3.63) is 263 Å². The van der Waals surface area contributed by atoms with Crippen LogP contribution >= 0.6 is 0 Å². The topological polar surface area (TPSA) is 106 Å². The van der Waals surface area contributed by atoms with E-state index >= 15 is 0 Å². The zero-order valence-electron chi connectivity index (χ0n) is 41.9. The van der Waals surface area contributed by atoms with Gasteiger partial charge in [-0.2, -0.15) is 0 Å². The zero-order chi connectivity index (χ0) is 48.1. The molecule has 3 N–H and O–H groups in total. The van der Waals surface area contributed by atoms with Crippen molar-refractivity contribution in [2.24, 2.45) is 0 Å². The molecule has 3 heterocycles. The number of nitrogens with one attached hydrogen (secondary N) is 2. The predicted molar refractivity (Wildman–Crippen MR) is 291 cm³/mol. The standard InChI is InChI=1S/C30H28N2O2.C28H26N2O.C4H8O.Al.Li.4H/c1-2-34-28(33)29(20-21-29)26-18-19-27(31-22-26)32-30(23-12-6-3-7-13-23,24-14-8-4-9-15-24)25-16-10-5-11-17-25;31-21-27(18-19-27)25-16-17-26(29-20-25)30-28(22-10-4-1-5-11-22,23-12-6-2-7-13-23)24-14-8-3-9-15-24;1-2-4-5-3-1;;;;;;/h3-19,22H,2,20-21H2,1H3,(H,31,32);1-17,20,31H,18-19,21H2,(H,29,30);1-4H2;;;;;;/q;;;;+1;;;;-1. The van der Waals surface area contributed by atoms with Crippen LogP contribution in [0, 0.1) is 0 Å². The van der Waals surface area contributed by atoms with Gasteiger partial charge >= 0.3 is 24.8 Å². The third-order valence-corrected chi connectivity index (χ3v) is 14.0. The molecule has 1 saturated heterocycles. The summed E-state index contributed by atoms with van der Waals surface area (Å²) in [4.78, 5) is 22.1. The monoisotopic (exact) mass is 965 g/mol.